The van der Waals surface area contributed by atoms with Crippen molar-refractivity contribution in [2.75, 3.05) is 125 Å². The van der Waals surface area contributed by atoms with Crippen molar-refractivity contribution in [1.82, 2.24) is 19.6 Å². The number of nitrogens with zero attached hydrogens (tertiary/aromatic N) is 5. The van der Waals surface area contributed by atoms with Crippen molar-refractivity contribution in [3.05, 3.63) is 29.8 Å². The molecule has 0 radical (unpaired) electrons. The number of hydrogen-bond donors (Lipinski definition) is 5. The number of carbonyl (C=O) groups is 4. The number of aliphatic carboxylic acids is 3. The van der Waals surface area contributed by atoms with Crippen LogP contribution in [0, 0.1) is 0 Å². The molecule has 0 saturated carbocycles. The van der Waals surface area contributed by atoms with E-state index in [4.69, 9.17) is 9.05 Å². The van der Waals surface area contributed by atoms with Crippen LogP contribution in [-0.4, -0.2) is 188 Å². The summed E-state index contributed by atoms with van der Waals surface area (Å²) in [6, 6.07) is 7.94. The van der Waals surface area contributed by atoms with Crippen LogP contribution >= 0.6 is 7.82 Å². The van der Waals surface area contributed by atoms with Gasteiger partial charge in [-0.05, 0) is 37.0 Å². The summed E-state index contributed by atoms with van der Waals surface area (Å²) in [4.78, 5) is 64.6. The molecule has 0 aromatic heterocycles. The number of carboxylic acid groups (broad SMARTS) is 3. The minimum absolute atomic E-state index is 0.0593. The smallest absolute Gasteiger partial charge is 0.472 e. The van der Waals surface area contributed by atoms with Gasteiger partial charge in [0, 0.05) is 58.0 Å². The normalized spacial score (nSPS) is 16.5. The molecule has 63 heavy (non-hydrogen) atoms. The van der Waals surface area contributed by atoms with E-state index in [1.807, 2.05) is 38.2 Å². The van der Waals surface area contributed by atoms with Gasteiger partial charge in [0.1, 0.15) is 13.2 Å². The number of likely N-dealkylation sites (N-methyl/N-ethyl adjacent to an activating group) is 1. The van der Waals surface area contributed by atoms with Crippen LogP contribution in [-0.2, 0) is 39.2 Å². The molecule has 362 valence electrons. The fourth-order valence-corrected chi connectivity index (χ4v) is 8.24. The van der Waals surface area contributed by atoms with Crippen LogP contribution in [0.15, 0.2) is 24.3 Å². The zero-order valence-corrected chi connectivity index (χ0v) is 39.7. The van der Waals surface area contributed by atoms with Gasteiger partial charge in [-0.25, -0.2) is 4.57 Å². The number of unbranched alkanes of at least 4 members (excludes halogenated alkanes) is 15. The van der Waals surface area contributed by atoms with E-state index in [1.54, 1.807) is 14.7 Å². The highest BCUT2D eigenvalue weighted by atomic mass is 31.2. The standard InChI is InChI=1S/C45H81N6O11P/c1-51(2,3)33-35-62-63(59,60)61-34-19-17-15-13-11-9-7-5-4-6-8-10-12-14-16-18-20-40-21-23-41(24-22-40)46-42(52)36-47-25-27-48(37-43(53)54)29-31-50(39-45(57)58)32-30-49(28-26-47)38-44(55)56/h21-24H,4-20,25-39H2,1-3H3,(H4-,46,52,53,54,55,56,57,58,59,60)/p+1. The summed E-state index contributed by atoms with van der Waals surface area (Å²) < 4.78 is 22.7. The van der Waals surface area contributed by atoms with Crippen molar-refractivity contribution < 1.29 is 57.5 Å². The Morgan fingerprint density at radius 3 is 1.24 bits per heavy atom. The van der Waals surface area contributed by atoms with Gasteiger partial charge in [-0.1, -0.05) is 102 Å². The van der Waals surface area contributed by atoms with Crippen molar-refractivity contribution in [3.8, 4) is 0 Å². The zero-order chi connectivity index (χ0) is 46.4. The zero-order valence-electron chi connectivity index (χ0n) is 38.8. The topological polar surface area (TPSA) is 210 Å². The van der Waals surface area contributed by atoms with Crippen LogP contribution in [0.4, 0.5) is 5.69 Å². The Morgan fingerprint density at radius 2 is 0.873 bits per heavy atom. The van der Waals surface area contributed by atoms with Crippen LogP contribution in [0.1, 0.15) is 108 Å². The predicted molar refractivity (Wildman–Crippen MR) is 246 cm³/mol. The second-order valence-electron chi connectivity index (χ2n) is 18.1. The summed E-state index contributed by atoms with van der Waals surface area (Å²) in [5, 5.41) is 31.3. The van der Waals surface area contributed by atoms with Crippen molar-refractivity contribution in [2.24, 2.45) is 0 Å². The average molecular weight is 914 g/mol. The van der Waals surface area contributed by atoms with E-state index in [-0.39, 0.29) is 45.3 Å². The summed E-state index contributed by atoms with van der Waals surface area (Å²) in [6.45, 7) is 3.27. The maximum atomic E-state index is 13.2. The lowest BCUT2D eigenvalue weighted by Gasteiger charge is -2.32. The number of phosphoric ester groups is 1. The molecule has 17 nitrogen and oxygen atoms in total. The molecule has 1 amide bonds. The molecular formula is C45H82N6O11P+. The first kappa shape index (κ1) is 56.1. The van der Waals surface area contributed by atoms with E-state index in [0.29, 0.717) is 69.1 Å². The van der Waals surface area contributed by atoms with Gasteiger partial charge >= 0.3 is 25.7 Å². The Labute approximate surface area is 377 Å². The van der Waals surface area contributed by atoms with Gasteiger partial charge in [-0.3, -0.25) is 47.8 Å². The van der Waals surface area contributed by atoms with Crippen LogP contribution in [0.3, 0.4) is 0 Å². The van der Waals surface area contributed by atoms with Gasteiger partial charge in [-0.15, -0.1) is 0 Å². The molecule has 0 spiro atoms. The molecule has 1 saturated heterocycles. The number of carbonyl (C=O) groups excluding carboxylic acids is 1. The van der Waals surface area contributed by atoms with Crippen molar-refractivity contribution >= 4 is 37.3 Å². The number of carboxylic acids is 3. The SMILES string of the molecule is C[N+](C)(C)CCOP(=O)(O)OCCCCCCCCCCCCCCCCCCc1ccc(NC(=O)CN2CCN(CC(=O)O)CCN(CC(=O)O)CCN(CC(=O)O)CC2)cc1. The molecule has 0 bridgehead atoms. The molecule has 1 fully saturated rings. The molecule has 2 rings (SSSR count). The maximum absolute atomic E-state index is 13.2. The third kappa shape index (κ3) is 31.5. The summed E-state index contributed by atoms with van der Waals surface area (Å²) in [5.41, 5.74) is 1.93. The highest BCUT2D eigenvalue weighted by Crippen LogP contribution is 2.43. The van der Waals surface area contributed by atoms with Crippen LogP contribution < -0.4 is 5.32 Å². The van der Waals surface area contributed by atoms with Gasteiger partial charge in [0.15, 0.2) is 0 Å². The van der Waals surface area contributed by atoms with Crippen molar-refractivity contribution in [1.29, 1.82) is 0 Å². The van der Waals surface area contributed by atoms with Crippen LogP contribution in [0.2, 0.25) is 0 Å². The van der Waals surface area contributed by atoms with Crippen LogP contribution in [0.25, 0.3) is 0 Å². The number of aryl methyl sites for hydroxylation is 1. The van der Waals surface area contributed by atoms with Gasteiger partial charge in [0.05, 0.1) is 53.9 Å². The monoisotopic (exact) mass is 914 g/mol. The number of hydrogen-bond acceptors (Lipinski definition) is 11. The summed E-state index contributed by atoms with van der Waals surface area (Å²) in [5.74, 6) is -3.20. The lowest BCUT2D eigenvalue weighted by molar-refractivity contribution is -0.870. The number of amides is 1. The lowest BCUT2D eigenvalue weighted by Crippen LogP contribution is -2.49. The number of phosphoric acid groups is 1. The molecular weight excluding hydrogens is 831 g/mol. The van der Waals surface area contributed by atoms with Gasteiger partial charge in [0.2, 0.25) is 5.91 Å². The number of benzene rings is 1. The van der Waals surface area contributed by atoms with E-state index in [9.17, 15) is 44.0 Å². The van der Waals surface area contributed by atoms with Crippen molar-refractivity contribution in [3.63, 3.8) is 0 Å². The predicted octanol–water partition coefficient (Wildman–Crippen LogP) is 5.72. The Hall–Kier alpha value is -2.99. The third-order valence-electron chi connectivity index (χ3n) is 11.2. The Morgan fingerprint density at radius 1 is 0.540 bits per heavy atom. The number of nitrogens with one attached hydrogen (secondary N) is 1. The molecule has 1 aliphatic heterocycles. The van der Waals surface area contributed by atoms with E-state index < -0.39 is 25.7 Å². The Kier molecular flexibility index (Phi) is 29.1. The molecule has 1 aliphatic rings. The summed E-state index contributed by atoms with van der Waals surface area (Å²) >= 11 is 0. The van der Waals surface area contributed by atoms with Gasteiger partial charge < -0.3 is 30.0 Å². The fourth-order valence-electron chi connectivity index (χ4n) is 7.50. The molecule has 1 aromatic carbocycles. The second-order valence-corrected chi connectivity index (χ2v) is 19.5. The summed E-state index contributed by atoms with van der Waals surface area (Å²) in [7, 11) is 2.06. The van der Waals surface area contributed by atoms with E-state index in [1.165, 1.54) is 82.6 Å². The van der Waals surface area contributed by atoms with Gasteiger partial charge in [-0.2, -0.15) is 0 Å². The maximum Gasteiger partial charge on any atom is 0.472 e. The largest absolute Gasteiger partial charge is 0.480 e. The average Bonchev–Trinajstić information content (AvgIpc) is 3.19. The van der Waals surface area contributed by atoms with Crippen LogP contribution in [0.5, 0.6) is 0 Å². The second kappa shape index (κ2) is 32.6. The minimum Gasteiger partial charge on any atom is -0.480 e. The highest BCUT2D eigenvalue weighted by Gasteiger charge is 2.23. The first-order chi connectivity index (χ1) is 30.0. The molecule has 18 heteroatoms. The van der Waals surface area contributed by atoms with Crippen molar-refractivity contribution in [2.45, 2.75) is 109 Å². The quantitative estimate of drug-likeness (QED) is 0.0324. The van der Waals surface area contributed by atoms with E-state index >= 15 is 0 Å². The number of rotatable bonds is 33. The minimum atomic E-state index is -3.95. The molecule has 1 unspecified atom stereocenters. The highest BCUT2D eigenvalue weighted by molar-refractivity contribution is 7.47. The Balaban J connectivity index is 1.56. The van der Waals surface area contributed by atoms with Gasteiger partial charge in [0.25, 0.3) is 0 Å². The molecule has 1 aromatic rings. The molecule has 1 atom stereocenters. The van der Waals surface area contributed by atoms with E-state index in [2.05, 4.69) is 17.4 Å². The Bertz CT molecular complexity index is 1450. The number of anilines is 1. The van der Waals surface area contributed by atoms with E-state index in [0.717, 1.165) is 32.1 Å². The molecule has 0 aliphatic carbocycles. The number of quaternary nitrogens is 1. The third-order valence-corrected chi connectivity index (χ3v) is 12.3. The fraction of sp³-hybridized carbons (Fsp3) is 0.778. The first-order valence-electron chi connectivity index (χ1n) is 23.4. The summed E-state index contributed by atoms with van der Waals surface area (Å²) in [6.07, 6.45) is 20.2. The first-order valence-corrected chi connectivity index (χ1v) is 24.8. The lowest BCUT2D eigenvalue weighted by atomic mass is 10.0. The molecule has 5 N–H and O–H groups in total. The molecule has 1 heterocycles.